The average molecular weight is 290 g/mol. The van der Waals surface area contributed by atoms with Gasteiger partial charge in [-0.3, -0.25) is 4.79 Å². The fourth-order valence-electron chi connectivity index (χ4n) is 2.20. The first-order chi connectivity index (χ1) is 10.2. The van der Waals surface area contributed by atoms with Crippen molar-refractivity contribution >= 4 is 11.6 Å². The zero-order valence-corrected chi connectivity index (χ0v) is 13.7. The molecule has 118 valence electrons. The summed E-state index contributed by atoms with van der Waals surface area (Å²) in [4.78, 5) is 11.9. The van der Waals surface area contributed by atoms with Crippen molar-refractivity contribution in [1.29, 1.82) is 0 Å². The first-order valence-electron chi connectivity index (χ1n) is 8.30. The molecule has 3 nitrogen and oxygen atoms in total. The second-order valence-corrected chi connectivity index (χ2v) is 5.66. The summed E-state index contributed by atoms with van der Waals surface area (Å²) in [5, 5.41) is 6.23. The quantitative estimate of drug-likeness (QED) is 0.636. The Kier molecular flexibility index (Phi) is 8.56. The van der Waals surface area contributed by atoms with Crippen molar-refractivity contribution < 1.29 is 4.79 Å². The highest BCUT2D eigenvalue weighted by atomic mass is 16.2. The largest absolute Gasteiger partial charge is 0.374 e. The molecule has 1 amide bonds. The molecule has 0 aromatic heterocycles. The van der Waals surface area contributed by atoms with Gasteiger partial charge in [0, 0.05) is 12.2 Å². The predicted octanol–water partition coefficient (Wildman–Crippen LogP) is 4.14. The molecule has 0 bridgehead atoms. The molecule has 0 aliphatic heterocycles. The van der Waals surface area contributed by atoms with Crippen LogP contribution in [0.4, 0.5) is 5.69 Å². The van der Waals surface area contributed by atoms with E-state index in [1.54, 1.807) is 0 Å². The van der Waals surface area contributed by atoms with Crippen LogP contribution in [-0.4, -0.2) is 18.5 Å². The first kappa shape index (κ1) is 17.5. The Hall–Kier alpha value is -1.51. The van der Waals surface area contributed by atoms with Crippen molar-refractivity contribution in [1.82, 2.24) is 5.32 Å². The van der Waals surface area contributed by atoms with E-state index in [-0.39, 0.29) is 11.9 Å². The molecule has 1 rings (SSSR count). The molecule has 1 unspecified atom stereocenters. The summed E-state index contributed by atoms with van der Waals surface area (Å²) in [5.74, 6) is 0.0705. The number of carbonyl (C=O) groups excluding carboxylic acids is 1. The number of anilines is 1. The Morgan fingerprint density at radius 1 is 1.05 bits per heavy atom. The molecule has 0 fully saturated rings. The summed E-state index contributed by atoms with van der Waals surface area (Å²) in [6.45, 7) is 7.04. The number of unbranched alkanes of at least 4 members (excludes halogenated alkanes) is 3. The van der Waals surface area contributed by atoms with Crippen molar-refractivity contribution in [2.75, 3.05) is 11.9 Å². The van der Waals surface area contributed by atoms with E-state index in [0.29, 0.717) is 0 Å². The monoisotopic (exact) mass is 290 g/mol. The predicted molar refractivity (Wildman–Crippen MR) is 90.7 cm³/mol. The van der Waals surface area contributed by atoms with Crippen LogP contribution in [0.2, 0.25) is 0 Å². The number of amides is 1. The van der Waals surface area contributed by atoms with Gasteiger partial charge in [0.1, 0.15) is 6.04 Å². The molecular formula is C18H30N2O. The van der Waals surface area contributed by atoms with Gasteiger partial charge in [0.15, 0.2) is 0 Å². The van der Waals surface area contributed by atoms with Crippen molar-refractivity contribution in [2.45, 2.75) is 65.3 Å². The average Bonchev–Trinajstić information content (AvgIpc) is 2.50. The van der Waals surface area contributed by atoms with Gasteiger partial charge in [-0.15, -0.1) is 0 Å². The van der Waals surface area contributed by atoms with Gasteiger partial charge in [-0.25, -0.2) is 0 Å². The van der Waals surface area contributed by atoms with E-state index in [1.807, 2.05) is 6.92 Å². The van der Waals surface area contributed by atoms with Gasteiger partial charge >= 0.3 is 0 Å². The highest BCUT2D eigenvalue weighted by Crippen LogP contribution is 2.12. The van der Waals surface area contributed by atoms with Crippen molar-refractivity contribution in [3.8, 4) is 0 Å². The molecule has 0 saturated heterocycles. The van der Waals surface area contributed by atoms with Crippen LogP contribution in [0.5, 0.6) is 0 Å². The van der Waals surface area contributed by atoms with E-state index >= 15 is 0 Å². The summed E-state index contributed by atoms with van der Waals surface area (Å²) in [6, 6.07) is 8.21. The number of hydrogen-bond acceptors (Lipinski definition) is 2. The zero-order valence-electron chi connectivity index (χ0n) is 13.7. The minimum atomic E-state index is -0.201. The maximum absolute atomic E-state index is 11.9. The van der Waals surface area contributed by atoms with E-state index in [0.717, 1.165) is 25.1 Å². The van der Waals surface area contributed by atoms with Crippen molar-refractivity contribution in [3.63, 3.8) is 0 Å². The fraction of sp³-hybridized carbons (Fsp3) is 0.611. The maximum atomic E-state index is 11.9. The molecule has 1 aromatic rings. The van der Waals surface area contributed by atoms with Crippen LogP contribution in [0.3, 0.4) is 0 Å². The molecule has 0 saturated carbocycles. The summed E-state index contributed by atoms with van der Waals surface area (Å²) in [6.07, 6.45) is 6.97. The van der Waals surface area contributed by atoms with Gasteiger partial charge in [-0.05, 0) is 43.9 Å². The number of carbonyl (C=O) groups is 1. The molecular weight excluding hydrogens is 260 g/mol. The zero-order chi connectivity index (χ0) is 15.5. The maximum Gasteiger partial charge on any atom is 0.242 e. The van der Waals surface area contributed by atoms with Gasteiger partial charge in [0.2, 0.25) is 5.91 Å². The summed E-state index contributed by atoms with van der Waals surface area (Å²) in [5.41, 5.74) is 2.37. The van der Waals surface area contributed by atoms with Crippen LogP contribution in [0, 0.1) is 0 Å². The number of hydrogen-bond donors (Lipinski definition) is 2. The molecule has 0 heterocycles. The minimum absolute atomic E-state index is 0.0705. The van der Waals surface area contributed by atoms with Gasteiger partial charge < -0.3 is 10.6 Å². The molecule has 0 aliphatic carbocycles. The first-order valence-corrected chi connectivity index (χ1v) is 8.30. The van der Waals surface area contributed by atoms with Gasteiger partial charge in [0.25, 0.3) is 0 Å². The summed E-state index contributed by atoms with van der Waals surface area (Å²) in [7, 11) is 0. The summed E-state index contributed by atoms with van der Waals surface area (Å²) >= 11 is 0. The standard InChI is InChI=1S/C18H30N2O/c1-4-6-8-14-19-18(21)15(3)20-17-12-10-16(11-13-17)9-7-5-2/h10-13,15,20H,4-9,14H2,1-3H3,(H,19,21). The smallest absolute Gasteiger partial charge is 0.242 e. The lowest BCUT2D eigenvalue weighted by atomic mass is 10.1. The third-order valence-electron chi connectivity index (χ3n) is 3.63. The second-order valence-electron chi connectivity index (χ2n) is 5.66. The topological polar surface area (TPSA) is 41.1 Å². The van der Waals surface area contributed by atoms with Gasteiger partial charge in [-0.1, -0.05) is 45.2 Å². The van der Waals surface area contributed by atoms with E-state index < -0.39 is 0 Å². The fourth-order valence-corrected chi connectivity index (χ4v) is 2.20. The Labute approximate surface area is 129 Å². The molecule has 1 aromatic carbocycles. The van der Waals surface area contributed by atoms with E-state index in [4.69, 9.17) is 0 Å². The molecule has 0 aliphatic rings. The second kappa shape index (κ2) is 10.3. The van der Waals surface area contributed by atoms with E-state index in [2.05, 4.69) is 48.7 Å². The van der Waals surface area contributed by atoms with Crippen LogP contribution in [0.15, 0.2) is 24.3 Å². The van der Waals surface area contributed by atoms with Crippen molar-refractivity contribution in [2.24, 2.45) is 0 Å². The lowest BCUT2D eigenvalue weighted by Crippen LogP contribution is -2.38. The van der Waals surface area contributed by atoms with Gasteiger partial charge in [0.05, 0.1) is 0 Å². The van der Waals surface area contributed by atoms with Crippen LogP contribution in [0.25, 0.3) is 0 Å². The lowest BCUT2D eigenvalue weighted by molar-refractivity contribution is -0.121. The molecule has 2 N–H and O–H groups in total. The SMILES string of the molecule is CCCCCNC(=O)C(C)Nc1ccc(CCCC)cc1. The molecule has 3 heteroatoms. The molecule has 0 spiro atoms. The normalized spacial score (nSPS) is 12.0. The van der Waals surface area contributed by atoms with Crippen LogP contribution in [0.1, 0.15) is 58.4 Å². The molecule has 21 heavy (non-hydrogen) atoms. The van der Waals surface area contributed by atoms with Gasteiger partial charge in [-0.2, -0.15) is 0 Å². The number of rotatable bonds is 10. The number of nitrogens with one attached hydrogen (secondary N) is 2. The minimum Gasteiger partial charge on any atom is -0.374 e. The number of aryl methyl sites for hydroxylation is 1. The lowest BCUT2D eigenvalue weighted by Gasteiger charge is -2.15. The molecule has 0 radical (unpaired) electrons. The van der Waals surface area contributed by atoms with Crippen LogP contribution in [-0.2, 0) is 11.2 Å². The third kappa shape index (κ3) is 7.16. The number of benzene rings is 1. The Morgan fingerprint density at radius 2 is 1.71 bits per heavy atom. The Balaban J connectivity index is 2.35. The third-order valence-corrected chi connectivity index (χ3v) is 3.63. The summed E-state index contributed by atoms with van der Waals surface area (Å²) < 4.78 is 0. The highest BCUT2D eigenvalue weighted by molar-refractivity contribution is 5.84. The van der Waals surface area contributed by atoms with Crippen LogP contribution < -0.4 is 10.6 Å². The van der Waals surface area contributed by atoms with E-state index in [1.165, 1.54) is 31.2 Å². The Morgan fingerprint density at radius 3 is 2.33 bits per heavy atom. The van der Waals surface area contributed by atoms with Crippen molar-refractivity contribution in [3.05, 3.63) is 29.8 Å². The Bertz CT molecular complexity index is 400. The molecule has 1 atom stereocenters. The van der Waals surface area contributed by atoms with Crippen LogP contribution >= 0.6 is 0 Å². The van der Waals surface area contributed by atoms with E-state index in [9.17, 15) is 4.79 Å². The highest BCUT2D eigenvalue weighted by Gasteiger charge is 2.11.